The van der Waals surface area contributed by atoms with E-state index < -0.39 is 0 Å². The van der Waals surface area contributed by atoms with E-state index >= 15 is 0 Å². The number of hydrogen-bond acceptors (Lipinski definition) is 13. The van der Waals surface area contributed by atoms with Gasteiger partial charge in [-0.05, 0) is 84.1 Å². The Bertz CT molecular complexity index is 2470. The van der Waals surface area contributed by atoms with Crippen molar-refractivity contribution in [2.45, 2.75) is 20.3 Å². The van der Waals surface area contributed by atoms with Crippen molar-refractivity contribution in [1.29, 1.82) is 0 Å². The van der Waals surface area contributed by atoms with Gasteiger partial charge in [0.15, 0.2) is 23.1 Å². The maximum absolute atomic E-state index is 11.7. The first-order chi connectivity index (χ1) is 25.7. The van der Waals surface area contributed by atoms with E-state index in [0.29, 0.717) is 34.5 Å². The van der Waals surface area contributed by atoms with Gasteiger partial charge in [0, 0.05) is 17.7 Å². The SMILES string of the molecule is COC(=O)c1ccc(-c2nc(Cl)c3c(C)csc3n2)cc1.COC(=O)c1ccc(-c2nc(NCCc3ccc4c(c3)OCO4)c3c(C)csc3n2)cc1. The van der Waals surface area contributed by atoms with Crippen LogP contribution in [-0.2, 0) is 15.9 Å². The molecule has 1 aliphatic heterocycles. The first-order valence-corrected chi connectivity index (χ1v) is 18.5. The molecule has 0 amide bonds. The van der Waals surface area contributed by atoms with Crippen molar-refractivity contribution in [3.05, 3.63) is 110 Å². The van der Waals surface area contributed by atoms with E-state index in [0.717, 1.165) is 72.0 Å². The summed E-state index contributed by atoms with van der Waals surface area (Å²) in [4.78, 5) is 43.4. The van der Waals surface area contributed by atoms with Crippen LogP contribution in [-0.4, -0.2) is 59.4 Å². The Morgan fingerprint density at radius 1 is 0.736 bits per heavy atom. The summed E-state index contributed by atoms with van der Waals surface area (Å²) in [6, 6.07) is 20.1. The fourth-order valence-corrected chi connectivity index (χ4v) is 7.89. The molecule has 3 aromatic carbocycles. The minimum atomic E-state index is -0.371. The summed E-state index contributed by atoms with van der Waals surface area (Å²) in [5.74, 6) is 2.81. The number of ether oxygens (including phenoxy) is 4. The average Bonchev–Trinajstić information content (AvgIpc) is 3.92. The standard InChI is InChI=1S/C24H21N3O4S.C15H11ClN2O2S/c1-14-12-32-23-20(14)22(25-10-9-15-3-8-18-19(11-15)31-13-30-18)26-21(27-23)16-4-6-17(7-5-16)24(28)29-2;1-8-7-21-14-11(8)12(16)17-13(18-14)9-3-5-10(6-4-9)15(19)20-2/h3-8,11-12H,9-10,13H2,1-2H3,(H,25,26,27);3-7H,1-2H3. The van der Waals surface area contributed by atoms with Gasteiger partial charge in [-0.15, -0.1) is 22.7 Å². The summed E-state index contributed by atoms with van der Waals surface area (Å²) in [7, 11) is 2.72. The fraction of sp³-hybridized carbons (Fsp3) is 0.179. The number of anilines is 1. The average molecular weight is 766 g/mol. The molecule has 1 aliphatic rings. The molecule has 0 atom stereocenters. The van der Waals surface area contributed by atoms with Crippen LogP contribution in [0, 0.1) is 13.8 Å². The molecule has 0 saturated heterocycles. The molecule has 0 spiro atoms. The Labute approximate surface area is 317 Å². The molecule has 11 nitrogen and oxygen atoms in total. The second-order valence-corrected chi connectivity index (χ2v) is 14.0. The Hall–Kier alpha value is -5.63. The van der Waals surface area contributed by atoms with E-state index in [1.54, 1.807) is 47.7 Å². The van der Waals surface area contributed by atoms with Crippen LogP contribution in [0.4, 0.5) is 5.82 Å². The third-order valence-corrected chi connectivity index (χ3v) is 10.7. The first kappa shape index (κ1) is 35.8. The van der Waals surface area contributed by atoms with Gasteiger partial charge in [0.1, 0.15) is 20.6 Å². The quantitative estimate of drug-likeness (QED) is 0.117. The highest BCUT2D eigenvalue weighted by molar-refractivity contribution is 7.17. The maximum atomic E-state index is 11.7. The van der Waals surface area contributed by atoms with E-state index in [4.69, 9.17) is 35.8 Å². The van der Waals surface area contributed by atoms with Gasteiger partial charge >= 0.3 is 11.9 Å². The molecule has 0 radical (unpaired) electrons. The number of aryl methyl sites for hydroxylation is 2. The molecule has 0 aliphatic carbocycles. The van der Waals surface area contributed by atoms with E-state index in [1.807, 2.05) is 36.6 Å². The van der Waals surface area contributed by atoms with Crippen molar-refractivity contribution in [2.24, 2.45) is 0 Å². The van der Waals surface area contributed by atoms with Crippen LogP contribution in [0.5, 0.6) is 11.5 Å². The Balaban J connectivity index is 0.000000179. The van der Waals surface area contributed by atoms with Crippen molar-refractivity contribution in [3.8, 4) is 34.3 Å². The van der Waals surface area contributed by atoms with Gasteiger partial charge < -0.3 is 24.3 Å². The molecule has 0 unspecified atom stereocenters. The first-order valence-electron chi connectivity index (χ1n) is 16.4. The number of aromatic nitrogens is 4. The van der Waals surface area contributed by atoms with Gasteiger partial charge in [-0.3, -0.25) is 0 Å². The number of halogens is 1. The van der Waals surface area contributed by atoms with E-state index in [1.165, 1.54) is 25.6 Å². The molecule has 8 rings (SSSR count). The van der Waals surface area contributed by atoms with Crippen molar-refractivity contribution in [3.63, 3.8) is 0 Å². The number of hydrogen-bond donors (Lipinski definition) is 1. The van der Waals surface area contributed by atoms with Crippen LogP contribution in [0.1, 0.15) is 37.4 Å². The Kier molecular flexibility index (Phi) is 10.5. The van der Waals surface area contributed by atoms with Gasteiger partial charge in [0.05, 0.1) is 36.1 Å². The summed E-state index contributed by atoms with van der Waals surface area (Å²) >= 11 is 9.38. The highest BCUT2D eigenvalue weighted by Gasteiger charge is 2.16. The van der Waals surface area contributed by atoms with Crippen LogP contribution in [0.3, 0.4) is 0 Å². The highest BCUT2D eigenvalue weighted by Crippen LogP contribution is 2.35. The lowest BCUT2D eigenvalue weighted by Gasteiger charge is -2.11. The topological polar surface area (TPSA) is 135 Å². The zero-order chi connectivity index (χ0) is 37.1. The molecule has 4 aromatic heterocycles. The summed E-state index contributed by atoms with van der Waals surface area (Å²) < 4.78 is 20.3. The number of thiophene rings is 2. The molecule has 268 valence electrons. The molecular weight excluding hydrogens is 734 g/mol. The van der Waals surface area contributed by atoms with Gasteiger partial charge in [0.2, 0.25) is 6.79 Å². The van der Waals surface area contributed by atoms with E-state index in [9.17, 15) is 9.59 Å². The van der Waals surface area contributed by atoms with E-state index in [-0.39, 0.29) is 18.7 Å². The Morgan fingerprint density at radius 3 is 1.89 bits per heavy atom. The normalized spacial score (nSPS) is 11.6. The van der Waals surface area contributed by atoms with Crippen LogP contribution in [0.25, 0.3) is 43.2 Å². The monoisotopic (exact) mass is 765 g/mol. The number of benzene rings is 3. The van der Waals surface area contributed by atoms with E-state index in [2.05, 4.69) is 38.4 Å². The predicted molar refractivity (Wildman–Crippen MR) is 208 cm³/mol. The molecular formula is C39H32ClN5O6S2. The lowest BCUT2D eigenvalue weighted by atomic mass is 10.1. The maximum Gasteiger partial charge on any atom is 0.337 e. The van der Waals surface area contributed by atoms with Crippen LogP contribution < -0.4 is 14.8 Å². The molecule has 53 heavy (non-hydrogen) atoms. The third-order valence-electron chi connectivity index (χ3n) is 8.46. The summed E-state index contributed by atoms with van der Waals surface area (Å²) in [5.41, 5.74) is 6.00. The zero-order valence-electron chi connectivity index (χ0n) is 29.1. The number of nitrogens with one attached hydrogen (secondary N) is 1. The predicted octanol–water partition coefficient (Wildman–Crippen LogP) is 8.94. The molecule has 0 fully saturated rings. The number of esters is 2. The largest absolute Gasteiger partial charge is 0.465 e. The number of carbonyl (C=O) groups is 2. The number of fused-ring (bicyclic) bond motifs is 3. The van der Waals surface area contributed by atoms with Gasteiger partial charge in [-0.25, -0.2) is 29.5 Å². The fourth-order valence-electron chi connectivity index (χ4n) is 5.67. The second-order valence-electron chi connectivity index (χ2n) is 11.9. The van der Waals surface area contributed by atoms with Crippen LogP contribution >= 0.6 is 34.3 Å². The van der Waals surface area contributed by atoms with Gasteiger partial charge in [-0.2, -0.15) is 0 Å². The number of nitrogens with zero attached hydrogens (tertiary/aromatic N) is 4. The smallest absolute Gasteiger partial charge is 0.337 e. The lowest BCUT2D eigenvalue weighted by molar-refractivity contribution is 0.0592. The highest BCUT2D eigenvalue weighted by atomic mass is 35.5. The molecule has 14 heteroatoms. The molecule has 0 saturated carbocycles. The second kappa shape index (κ2) is 15.5. The summed E-state index contributed by atoms with van der Waals surface area (Å²) in [6.45, 7) is 5.04. The minimum absolute atomic E-state index is 0.275. The zero-order valence-corrected chi connectivity index (χ0v) is 31.4. The van der Waals surface area contributed by atoms with Crippen molar-refractivity contribution in [2.75, 3.05) is 32.9 Å². The molecule has 1 N–H and O–H groups in total. The minimum Gasteiger partial charge on any atom is -0.465 e. The molecule has 5 heterocycles. The summed E-state index contributed by atoms with van der Waals surface area (Å²) in [5, 5.41) is 9.98. The van der Waals surface area contributed by atoms with Gasteiger partial charge in [-0.1, -0.05) is 41.9 Å². The lowest BCUT2D eigenvalue weighted by Crippen LogP contribution is -2.08. The molecule has 0 bridgehead atoms. The van der Waals surface area contributed by atoms with Crippen LogP contribution in [0.15, 0.2) is 77.5 Å². The molecule has 7 aromatic rings. The summed E-state index contributed by atoms with van der Waals surface area (Å²) in [6.07, 6.45) is 0.814. The number of carbonyl (C=O) groups excluding carboxylic acids is 2. The third kappa shape index (κ3) is 7.63. The van der Waals surface area contributed by atoms with Crippen LogP contribution in [0.2, 0.25) is 5.15 Å². The van der Waals surface area contributed by atoms with Crippen molar-refractivity contribution in [1.82, 2.24) is 19.9 Å². The van der Waals surface area contributed by atoms with Crippen molar-refractivity contribution >= 4 is 72.5 Å². The number of rotatable bonds is 8. The Morgan fingerprint density at radius 2 is 1.28 bits per heavy atom. The van der Waals surface area contributed by atoms with Gasteiger partial charge in [0.25, 0.3) is 0 Å². The number of methoxy groups -OCH3 is 2. The van der Waals surface area contributed by atoms with Crippen molar-refractivity contribution < 1.29 is 28.5 Å².